The van der Waals surface area contributed by atoms with Crippen molar-refractivity contribution in [2.24, 2.45) is 0 Å². The van der Waals surface area contributed by atoms with Crippen molar-refractivity contribution in [2.75, 3.05) is 46.9 Å². The molecule has 0 radical (unpaired) electrons. The molecule has 0 aliphatic carbocycles. The van der Waals surface area contributed by atoms with Crippen LogP contribution in [0.25, 0.3) is 6.08 Å². The summed E-state index contributed by atoms with van der Waals surface area (Å²) in [5.41, 5.74) is 1.80. The number of fused-ring (bicyclic) bond motifs is 1. The van der Waals surface area contributed by atoms with E-state index in [0.29, 0.717) is 40.5 Å². The molecule has 0 atom stereocenters. The number of carbonyl (C=O) groups excluding carboxylic acids is 1. The lowest BCUT2D eigenvalue weighted by atomic mass is 10.0. The Balaban J connectivity index is 1.62. The number of aromatic hydroxyl groups is 1. The largest absolute Gasteiger partial charge is 0.507 e. The summed E-state index contributed by atoms with van der Waals surface area (Å²) in [5.74, 6) is 1.67. The van der Waals surface area contributed by atoms with Crippen LogP contribution in [0.5, 0.6) is 23.0 Å². The first kappa shape index (κ1) is 21.2. The van der Waals surface area contributed by atoms with Crippen molar-refractivity contribution in [2.45, 2.75) is 13.5 Å². The van der Waals surface area contributed by atoms with E-state index < -0.39 is 0 Å². The van der Waals surface area contributed by atoms with Crippen molar-refractivity contribution in [3.63, 3.8) is 0 Å². The first-order chi connectivity index (χ1) is 15.0. The van der Waals surface area contributed by atoms with Crippen molar-refractivity contribution in [3.05, 3.63) is 52.8 Å². The van der Waals surface area contributed by atoms with Crippen molar-refractivity contribution in [1.29, 1.82) is 0 Å². The number of allylic oxidation sites excluding steroid dienone is 1. The summed E-state index contributed by atoms with van der Waals surface area (Å²) >= 11 is 0. The fraction of sp³-hybridized carbons (Fsp3) is 0.375. The molecule has 1 fully saturated rings. The molecule has 2 heterocycles. The van der Waals surface area contributed by atoms with Crippen LogP contribution >= 0.6 is 0 Å². The molecule has 1 saturated heterocycles. The lowest BCUT2D eigenvalue weighted by Gasteiger charge is -2.34. The average Bonchev–Trinajstić information content (AvgIpc) is 3.11. The van der Waals surface area contributed by atoms with Crippen molar-refractivity contribution < 1.29 is 24.1 Å². The third kappa shape index (κ3) is 4.11. The second-order valence-electron chi connectivity index (χ2n) is 7.67. The van der Waals surface area contributed by atoms with Gasteiger partial charge in [-0.2, -0.15) is 0 Å². The lowest BCUT2D eigenvalue weighted by Crippen LogP contribution is -2.45. The summed E-state index contributed by atoms with van der Waals surface area (Å²) in [4.78, 5) is 17.7. The minimum Gasteiger partial charge on any atom is -0.507 e. The fourth-order valence-electron chi connectivity index (χ4n) is 4.10. The number of para-hydroxylation sites is 1. The second kappa shape index (κ2) is 8.99. The molecule has 0 aromatic heterocycles. The first-order valence-electron chi connectivity index (χ1n) is 10.5. The van der Waals surface area contributed by atoms with Crippen LogP contribution in [0.2, 0.25) is 0 Å². The molecule has 2 aliphatic heterocycles. The van der Waals surface area contributed by atoms with E-state index >= 15 is 0 Å². The Hall–Kier alpha value is -3.03. The molecule has 0 bridgehead atoms. The highest BCUT2D eigenvalue weighted by atomic mass is 16.5. The van der Waals surface area contributed by atoms with E-state index in [1.807, 2.05) is 12.1 Å². The van der Waals surface area contributed by atoms with Gasteiger partial charge in [0.1, 0.15) is 11.5 Å². The summed E-state index contributed by atoms with van der Waals surface area (Å²) in [6, 6.07) is 8.65. The number of likely N-dealkylation sites (N-methyl/N-ethyl adjacent to an activating group) is 1. The number of benzene rings is 2. The smallest absolute Gasteiger partial charge is 0.231 e. The number of hydrogen-bond donors (Lipinski definition) is 1. The zero-order chi connectivity index (χ0) is 22.0. The van der Waals surface area contributed by atoms with Crippen LogP contribution in [0, 0.1) is 0 Å². The van der Waals surface area contributed by atoms with Crippen LogP contribution in [-0.2, 0) is 6.54 Å². The van der Waals surface area contributed by atoms with Gasteiger partial charge in [0.15, 0.2) is 17.3 Å². The minimum atomic E-state index is -0.211. The molecule has 0 amide bonds. The average molecular weight is 424 g/mol. The Morgan fingerprint density at radius 3 is 2.48 bits per heavy atom. The highest BCUT2D eigenvalue weighted by molar-refractivity contribution is 6.15. The Morgan fingerprint density at radius 1 is 1.06 bits per heavy atom. The highest BCUT2D eigenvalue weighted by Gasteiger charge is 2.32. The van der Waals surface area contributed by atoms with E-state index in [-0.39, 0.29) is 17.3 Å². The molecule has 2 aromatic carbocycles. The van der Waals surface area contributed by atoms with Crippen LogP contribution in [0.1, 0.15) is 28.4 Å². The molecule has 4 rings (SSSR count). The number of nitrogens with zero attached hydrogens (tertiary/aromatic N) is 2. The molecule has 1 N–H and O–H groups in total. The van der Waals surface area contributed by atoms with E-state index in [2.05, 4.69) is 16.7 Å². The minimum absolute atomic E-state index is 0.143. The third-order valence-corrected chi connectivity index (χ3v) is 5.93. The number of carbonyl (C=O) groups is 1. The quantitative estimate of drug-likeness (QED) is 0.714. The van der Waals surface area contributed by atoms with Gasteiger partial charge in [-0.1, -0.05) is 19.1 Å². The normalized spacial score (nSPS) is 18.2. The van der Waals surface area contributed by atoms with Crippen LogP contribution in [0.3, 0.4) is 0 Å². The number of phenols is 1. The number of ether oxygens (including phenoxy) is 3. The van der Waals surface area contributed by atoms with Gasteiger partial charge < -0.3 is 24.2 Å². The van der Waals surface area contributed by atoms with Gasteiger partial charge in [0.05, 0.1) is 25.3 Å². The monoisotopic (exact) mass is 424 g/mol. The molecule has 31 heavy (non-hydrogen) atoms. The summed E-state index contributed by atoms with van der Waals surface area (Å²) in [6.45, 7) is 7.55. The molecule has 2 aliphatic rings. The van der Waals surface area contributed by atoms with Crippen LogP contribution in [0.4, 0.5) is 0 Å². The standard InChI is InChI=1S/C24H28N2O5/c1-4-25-10-12-26(13-11-25)15-18-19(27)9-8-17-22(28)21(31-24(17)18)14-16-6-5-7-20(29-2)23(16)30-3/h5-9,14,27H,4,10-13,15H2,1-3H3. The summed E-state index contributed by atoms with van der Waals surface area (Å²) in [5, 5.41) is 10.5. The first-order valence-corrected chi connectivity index (χ1v) is 10.5. The summed E-state index contributed by atoms with van der Waals surface area (Å²) < 4.78 is 16.8. The topological polar surface area (TPSA) is 71.5 Å². The molecule has 0 unspecified atom stereocenters. The molecule has 7 heteroatoms. The van der Waals surface area contributed by atoms with Crippen LogP contribution in [-0.4, -0.2) is 67.6 Å². The molecular weight excluding hydrogens is 396 g/mol. The molecule has 2 aromatic rings. The van der Waals surface area contributed by atoms with Gasteiger partial charge in [-0.05, 0) is 30.8 Å². The summed E-state index contributed by atoms with van der Waals surface area (Å²) in [7, 11) is 3.12. The van der Waals surface area contributed by atoms with Crippen molar-refractivity contribution in [1.82, 2.24) is 9.80 Å². The zero-order valence-corrected chi connectivity index (χ0v) is 18.2. The summed E-state index contributed by atoms with van der Waals surface area (Å²) in [6.07, 6.45) is 1.66. The second-order valence-corrected chi connectivity index (χ2v) is 7.67. The maximum absolute atomic E-state index is 13.0. The number of hydrogen-bond acceptors (Lipinski definition) is 7. The Kier molecular flexibility index (Phi) is 6.15. The van der Waals surface area contributed by atoms with Gasteiger partial charge in [-0.25, -0.2) is 0 Å². The van der Waals surface area contributed by atoms with Crippen LogP contribution in [0.15, 0.2) is 36.1 Å². The van der Waals surface area contributed by atoms with Crippen LogP contribution < -0.4 is 14.2 Å². The molecule has 0 saturated carbocycles. The van der Waals surface area contributed by atoms with Gasteiger partial charge in [-0.15, -0.1) is 0 Å². The number of ketones is 1. The van der Waals surface area contributed by atoms with Gasteiger partial charge >= 0.3 is 0 Å². The number of phenolic OH excluding ortho intramolecular Hbond substituents is 1. The fourth-order valence-corrected chi connectivity index (χ4v) is 4.10. The van der Waals surface area contributed by atoms with Gasteiger partial charge in [0, 0.05) is 38.3 Å². The van der Waals surface area contributed by atoms with Gasteiger partial charge in [0.25, 0.3) is 0 Å². The highest BCUT2D eigenvalue weighted by Crippen LogP contribution is 2.41. The lowest BCUT2D eigenvalue weighted by molar-refractivity contribution is 0.101. The number of rotatable bonds is 6. The maximum Gasteiger partial charge on any atom is 0.231 e. The van der Waals surface area contributed by atoms with Crippen molar-refractivity contribution in [3.8, 4) is 23.0 Å². The van der Waals surface area contributed by atoms with E-state index in [4.69, 9.17) is 14.2 Å². The van der Waals surface area contributed by atoms with Crippen molar-refractivity contribution >= 4 is 11.9 Å². The zero-order valence-electron chi connectivity index (χ0n) is 18.2. The Bertz CT molecular complexity index is 1010. The molecule has 0 spiro atoms. The van der Waals surface area contributed by atoms with Gasteiger partial charge in [-0.3, -0.25) is 9.69 Å². The number of piperazine rings is 1. The van der Waals surface area contributed by atoms with E-state index in [9.17, 15) is 9.90 Å². The molecular formula is C24H28N2O5. The Labute approximate surface area is 182 Å². The van der Waals surface area contributed by atoms with E-state index in [0.717, 1.165) is 32.7 Å². The SMILES string of the molecule is CCN1CCN(Cc2c(O)ccc3c2OC(=Cc2cccc(OC)c2OC)C3=O)CC1. The predicted molar refractivity (Wildman–Crippen MR) is 118 cm³/mol. The predicted octanol–water partition coefficient (Wildman–Crippen LogP) is 3.16. The molecule has 164 valence electrons. The molecule has 7 nitrogen and oxygen atoms in total. The number of methoxy groups -OCH3 is 2. The number of Topliss-reactive ketones (excluding diaryl/α,β-unsaturated/α-hetero) is 1. The third-order valence-electron chi connectivity index (χ3n) is 5.93. The Morgan fingerprint density at radius 2 is 1.81 bits per heavy atom. The van der Waals surface area contributed by atoms with E-state index in [1.54, 1.807) is 38.5 Å². The van der Waals surface area contributed by atoms with E-state index in [1.165, 1.54) is 0 Å². The maximum atomic E-state index is 13.0. The van der Waals surface area contributed by atoms with Gasteiger partial charge in [0.2, 0.25) is 5.78 Å².